The minimum Gasteiger partial charge on any atom is -0.373 e. The second-order valence-electron chi connectivity index (χ2n) is 3.50. The van der Waals surface area contributed by atoms with E-state index in [1.807, 2.05) is 0 Å². The normalized spacial score (nSPS) is 9.67. The summed E-state index contributed by atoms with van der Waals surface area (Å²) in [6, 6.07) is 1.29. The van der Waals surface area contributed by atoms with Gasteiger partial charge in [0.1, 0.15) is 5.40 Å². The van der Waals surface area contributed by atoms with Gasteiger partial charge in [-0.15, -0.1) is 0 Å². The number of rotatable bonds is 7. The number of non-ortho nitro benzene ring substituents is 1. The number of anilines is 1. The van der Waals surface area contributed by atoms with Crippen LogP contribution in [0.15, 0.2) is 12.1 Å². The molecule has 11 nitrogen and oxygen atoms in total. The van der Waals surface area contributed by atoms with E-state index in [1.165, 1.54) is 0 Å². The Balaban J connectivity index is 3.30. The molecule has 1 N–H and O–H groups in total. The second-order valence-corrected chi connectivity index (χ2v) is 4.38. The highest BCUT2D eigenvalue weighted by molar-refractivity contribution is 8.03. The van der Waals surface area contributed by atoms with E-state index in [9.17, 15) is 30.3 Å². The zero-order valence-corrected chi connectivity index (χ0v) is 11.0. The highest BCUT2D eigenvalue weighted by atomic mass is 32.2. The lowest BCUT2D eigenvalue weighted by Gasteiger charge is -2.06. The first kappa shape index (κ1) is 16.1. The van der Waals surface area contributed by atoms with E-state index in [0.29, 0.717) is 12.1 Å². The maximum atomic E-state index is 10.9. The number of nitro benzene ring substituents is 3. The van der Waals surface area contributed by atoms with Gasteiger partial charge in [0.25, 0.3) is 5.69 Å². The average molecular weight is 313 g/mol. The molecular weight excluding hydrogens is 306 g/mol. The molecule has 0 heterocycles. The molecule has 0 aliphatic heterocycles. The van der Waals surface area contributed by atoms with Crippen molar-refractivity contribution < 1.29 is 14.8 Å². The minimum atomic E-state index is -0.949. The van der Waals surface area contributed by atoms with Crippen LogP contribution in [0.25, 0.3) is 0 Å². The first-order valence-electron chi connectivity index (χ1n) is 5.24. The summed E-state index contributed by atoms with van der Waals surface area (Å²) in [7, 11) is 0. The van der Waals surface area contributed by atoms with E-state index < -0.39 is 37.5 Å². The van der Waals surface area contributed by atoms with Gasteiger partial charge in [-0.25, -0.2) is 0 Å². The first-order valence-corrected chi connectivity index (χ1v) is 6.23. The van der Waals surface area contributed by atoms with Crippen LogP contribution in [0.4, 0.5) is 22.7 Å². The molecule has 0 saturated heterocycles. The second kappa shape index (κ2) is 7.01. The molecule has 0 unspecified atom stereocenters. The quantitative estimate of drug-likeness (QED) is 0.343. The lowest BCUT2D eigenvalue weighted by molar-refractivity contribution is -0.401. The summed E-state index contributed by atoms with van der Waals surface area (Å²) in [5.41, 5.74) is -2.70. The van der Waals surface area contributed by atoms with Crippen molar-refractivity contribution >= 4 is 34.5 Å². The van der Waals surface area contributed by atoms with E-state index >= 15 is 0 Å². The molecule has 1 aromatic carbocycles. The monoisotopic (exact) mass is 313 g/mol. The first-order chi connectivity index (χ1) is 9.88. The van der Waals surface area contributed by atoms with Gasteiger partial charge >= 0.3 is 11.4 Å². The van der Waals surface area contributed by atoms with Crippen molar-refractivity contribution in [3.63, 3.8) is 0 Å². The van der Waals surface area contributed by atoms with E-state index in [-0.39, 0.29) is 12.3 Å². The third-order valence-corrected chi connectivity index (χ3v) is 2.79. The summed E-state index contributed by atoms with van der Waals surface area (Å²) < 4.78 is 0. The molecular formula is C9H7N5O6S. The van der Waals surface area contributed by atoms with Gasteiger partial charge in [0.15, 0.2) is 5.69 Å². The van der Waals surface area contributed by atoms with E-state index in [4.69, 9.17) is 5.26 Å². The number of benzene rings is 1. The van der Waals surface area contributed by atoms with Crippen LogP contribution in [0.1, 0.15) is 0 Å². The third kappa shape index (κ3) is 4.01. The van der Waals surface area contributed by atoms with Gasteiger partial charge < -0.3 is 5.32 Å². The Morgan fingerprint density at radius 3 is 2.00 bits per heavy atom. The fourth-order valence-electron chi connectivity index (χ4n) is 1.44. The molecule has 0 bridgehead atoms. The number of nitro groups is 3. The van der Waals surface area contributed by atoms with Crippen molar-refractivity contribution in [1.82, 2.24) is 0 Å². The molecule has 0 atom stereocenters. The van der Waals surface area contributed by atoms with Crippen LogP contribution in [0.3, 0.4) is 0 Å². The van der Waals surface area contributed by atoms with Crippen LogP contribution in [0.5, 0.6) is 0 Å². The molecule has 0 aliphatic rings. The summed E-state index contributed by atoms with van der Waals surface area (Å²) in [5, 5.41) is 45.1. The molecule has 12 heteroatoms. The largest absolute Gasteiger partial charge is 0.373 e. The Morgan fingerprint density at radius 2 is 1.62 bits per heavy atom. The van der Waals surface area contributed by atoms with Crippen LogP contribution in [-0.4, -0.2) is 27.1 Å². The van der Waals surface area contributed by atoms with Crippen molar-refractivity contribution in [2.24, 2.45) is 0 Å². The lowest BCUT2D eigenvalue weighted by atomic mass is 10.2. The molecule has 0 saturated carbocycles. The van der Waals surface area contributed by atoms with E-state index in [2.05, 4.69) is 5.32 Å². The van der Waals surface area contributed by atoms with E-state index in [0.717, 1.165) is 11.8 Å². The Labute approximate surface area is 121 Å². The molecule has 0 spiro atoms. The Kier molecular flexibility index (Phi) is 5.38. The number of thioether (sulfide) groups is 1. The van der Waals surface area contributed by atoms with Crippen molar-refractivity contribution in [2.75, 3.05) is 17.6 Å². The fraction of sp³-hybridized carbons (Fsp3) is 0.222. The molecule has 21 heavy (non-hydrogen) atoms. The maximum absolute atomic E-state index is 10.9. The Bertz CT molecular complexity index is 607. The minimum absolute atomic E-state index is 0.0533. The predicted octanol–water partition coefficient (Wildman–Crippen LogP) is 2.04. The van der Waals surface area contributed by atoms with Crippen molar-refractivity contribution in [2.45, 2.75) is 0 Å². The highest BCUT2D eigenvalue weighted by Crippen LogP contribution is 2.38. The summed E-state index contributed by atoms with van der Waals surface area (Å²) in [6.45, 7) is 0.0533. The van der Waals surface area contributed by atoms with Gasteiger partial charge in [-0.3, -0.25) is 30.3 Å². The average Bonchev–Trinajstić information content (AvgIpc) is 2.42. The van der Waals surface area contributed by atoms with Crippen molar-refractivity contribution in [3.8, 4) is 5.40 Å². The van der Waals surface area contributed by atoms with E-state index in [1.54, 1.807) is 5.40 Å². The van der Waals surface area contributed by atoms with Crippen LogP contribution in [0.2, 0.25) is 0 Å². The van der Waals surface area contributed by atoms with Crippen LogP contribution >= 0.6 is 11.8 Å². The number of nitrogens with one attached hydrogen (secondary N) is 1. The molecule has 1 rings (SSSR count). The van der Waals surface area contributed by atoms with Gasteiger partial charge in [0, 0.05) is 12.3 Å². The van der Waals surface area contributed by atoms with Crippen LogP contribution in [0, 0.1) is 41.0 Å². The number of thiocyanates is 1. The molecule has 0 aromatic heterocycles. The molecule has 0 amide bonds. The number of nitrogens with zero attached hydrogens (tertiary/aromatic N) is 4. The van der Waals surface area contributed by atoms with Crippen LogP contribution in [-0.2, 0) is 0 Å². The van der Waals surface area contributed by atoms with Crippen molar-refractivity contribution in [3.05, 3.63) is 42.5 Å². The zero-order chi connectivity index (χ0) is 16.0. The van der Waals surface area contributed by atoms with Gasteiger partial charge in [-0.2, -0.15) is 5.26 Å². The summed E-state index contributed by atoms with van der Waals surface area (Å²) >= 11 is 0.859. The molecule has 0 aliphatic carbocycles. The Hall–Kier alpha value is -2.94. The smallest absolute Gasteiger partial charge is 0.306 e. The van der Waals surface area contributed by atoms with Crippen molar-refractivity contribution in [1.29, 1.82) is 5.26 Å². The van der Waals surface area contributed by atoms with Gasteiger partial charge in [0.05, 0.1) is 26.9 Å². The summed E-state index contributed by atoms with van der Waals surface area (Å²) in [5.74, 6) is 0.238. The number of hydrogen-bond acceptors (Lipinski definition) is 9. The van der Waals surface area contributed by atoms with Crippen LogP contribution < -0.4 is 5.32 Å². The fourth-order valence-corrected chi connectivity index (χ4v) is 1.74. The zero-order valence-electron chi connectivity index (χ0n) is 10.2. The molecule has 0 fully saturated rings. The number of nitriles is 1. The SMILES string of the molecule is N#CSCCNc1c([N+](=O)[O-])cc([N+](=O)[O-])cc1[N+](=O)[O-]. The predicted molar refractivity (Wildman–Crippen MR) is 73.0 cm³/mol. The Morgan fingerprint density at radius 1 is 1.10 bits per heavy atom. The molecule has 1 aromatic rings. The summed E-state index contributed by atoms with van der Waals surface area (Å²) in [6.07, 6.45) is 0. The number of hydrogen-bond donors (Lipinski definition) is 1. The molecule has 110 valence electrons. The third-order valence-electron chi connectivity index (χ3n) is 2.26. The highest BCUT2D eigenvalue weighted by Gasteiger charge is 2.30. The standard InChI is InChI=1S/C9H7N5O6S/c10-5-21-2-1-11-9-7(13(17)18)3-6(12(15)16)4-8(9)14(19)20/h3-4,11H,1-2H2. The summed E-state index contributed by atoms with van der Waals surface area (Å²) in [4.78, 5) is 29.7. The molecule has 0 radical (unpaired) electrons. The lowest BCUT2D eigenvalue weighted by Crippen LogP contribution is -2.09. The maximum Gasteiger partial charge on any atom is 0.306 e. The van der Waals surface area contributed by atoms with Gasteiger partial charge in [0.2, 0.25) is 0 Å². The topological polar surface area (TPSA) is 165 Å². The van der Waals surface area contributed by atoms with Gasteiger partial charge in [-0.1, -0.05) is 0 Å². The van der Waals surface area contributed by atoms with Gasteiger partial charge in [-0.05, 0) is 11.8 Å².